The molecule has 1 aromatic carbocycles. The van der Waals surface area contributed by atoms with Gasteiger partial charge in [0.15, 0.2) is 0 Å². The summed E-state index contributed by atoms with van der Waals surface area (Å²) in [6.45, 7) is 2.88. The molecule has 5 nitrogen and oxygen atoms in total. The minimum atomic E-state index is -0.109. The number of hydrogen-bond donors (Lipinski definition) is 3. The predicted molar refractivity (Wildman–Crippen MR) is 88.2 cm³/mol. The highest BCUT2D eigenvalue weighted by atomic mass is 35.5. The van der Waals surface area contributed by atoms with Gasteiger partial charge in [0.05, 0.1) is 23.1 Å². The summed E-state index contributed by atoms with van der Waals surface area (Å²) >= 11 is 0. The topological polar surface area (TPSA) is 69.8 Å². The zero-order chi connectivity index (χ0) is 13.2. The fourth-order valence-electron chi connectivity index (χ4n) is 2.47. The molecule has 2 heterocycles. The number of imidazole rings is 1. The van der Waals surface area contributed by atoms with Gasteiger partial charge in [-0.15, -0.1) is 24.8 Å². The molecule has 0 aliphatic carbocycles. The molecule has 1 amide bonds. The van der Waals surface area contributed by atoms with Gasteiger partial charge in [-0.25, -0.2) is 4.98 Å². The van der Waals surface area contributed by atoms with Crippen molar-refractivity contribution in [2.24, 2.45) is 0 Å². The highest BCUT2D eigenvalue weighted by Gasteiger charge is 2.24. The second-order valence-electron chi connectivity index (χ2n) is 5.02. The summed E-state index contributed by atoms with van der Waals surface area (Å²) in [5.74, 6) is 0.859. The van der Waals surface area contributed by atoms with Crippen LogP contribution in [0.4, 0.5) is 0 Å². The third kappa shape index (κ3) is 3.87. The van der Waals surface area contributed by atoms with Crippen LogP contribution in [0, 0.1) is 0 Å². The summed E-state index contributed by atoms with van der Waals surface area (Å²) in [6.07, 6.45) is 1.98. The maximum absolute atomic E-state index is 12.0. The number of fused-ring (bicyclic) bond motifs is 1. The van der Waals surface area contributed by atoms with Gasteiger partial charge in [0.2, 0.25) is 5.91 Å². The maximum atomic E-state index is 12.0. The lowest BCUT2D eigenvalue weighted by atomic mass is 10.2. The molecule has 1 saturated heterocycles. The summed E-state index contributed by atoms with van der Waals surface area (Å²) < 4.78 is 0. The number of aromatic amines is 1. The molecular weight excluding hydrogens is 311 g/mol. The highest BCUT2D eigenvalue weighted by molar-refractivity contribution is 5.85. The van der Waals surface area contributed by atoms with Crippen molar-refractivity contribution in [1.29, 1.82) is 0 Å². The normalized spacial score (nSPS) is 18.6. The molecule has 3 rings (SSSR count). The van der Waals surface area contributed by atoms with E-state index in [-0.39, 0.29) is 42.8 Å². The van der Waals surface area contributed by atoms with Crippen molar-refractivity contribution in [2.45, 2.75) is 31.8 Å². The molecule has 0 spiro atoms. The van der Waals surface area contributed by atoms with Gasteiger partial charge >= 0.3 is 0 Å². The van der Waals surface area contributed by atoms with Crippen molar-refractivity contribution in [2.75, 3.05) is 6.54 Å². The Morgan fingerprint density at radius 1 is 1.38 bits per heavy atom. The second-order valence-corrected chi connectivity index (χ2v) is 5.02. The van der Waals surface area contributed by atoms with E-state index in [0.717, 1.165) is 36.2 Å². The lowest BCUT2D eigenvalue weighted by Gasteiger charge is -2.15. The number of aromatic nitrogens is 2. The number of nitrogens with zero attached hydrogens (tertiary/aromatic N) is 1. The molecule has 1 aromatic heterocycles. The van der Waals surface area contributed by atoms with Gasteiger partial charge in [-0.2, -0.15) is 0 Å². The number of hydrogen-bond acceptors (Lipinski definition) is 3. The Labute approximate surface area is 136 Å². The zero-order valence-electron chi connectivity index (χ0n) is 11.8. The smallest absolute Gasteiger partial charge is 0.237 e. The van der Waals surface area contributed by atoms with Crippen LogP contribution in [0.15, 0.2) is 24.3 Å². The van der Waals surface area contributed by atoms with Crippen LogP contribution in [0.3, 0.4) is 0 Å². The van der Waals surface area contributed by atoms with Gasteiger partial charge in [0.25, 0.3) is 0 Å². The monoisotopic (exact) mass is 330 g/mol. The minimum absolute atomic E-state index is 0. The van der Waals surface area contributed by atoms with Crippen molar-refractivity contribution in [1.82, 2.24) is 20.6 Å². The first kappa shape index (κ1) is 17.8. The van der Waals surface area contributed by atoms with E-state index in [9.17, 15) is 4.79 Å². The number of benzene rings is 1. The number of halogens is 2. The van der Waals surface area contributed by atoms with Gasteiger partial charge in [-0.1, -0.05) is 12.1 Å². The molecule has 2 atom stereocenters. The molecule has 1 fully saturated rings. The van der Waals surface area contributed by atoms with Crippen LogP contribution in [-0.2, 0) is 4.79 Å². The summed E-state index contributed by atoms with van der Waals surface area (Å²) in [6, 6.07) is 7.71. The Morgan fingerprint density at radius 2 is 2.14 bits per heavy atom. The predicted octanol–water partition coefficient (Wildman–Crippen LogP) is 2.34. The van der Waals surface area contributed by atoms with Crippen LogP contribution >= 0.6 is 24.8 Å². The number of carbonyl (C=O) groups is 1. The summed E-state index contributed by atoms with van der Waals surface area (Å²) in [7, 11) is 0. The van der Waals surface area contributed by atoms with Crippen LogP contribution in [0.25, 0.3) is 11.0 Å². The largest absolute Gasteiger partial charge is 0.345 e. The molecule has 2 unspecified atom stereocenters. The van der Waals surface area contributed by atoms with Gasteiger partial charge < -0.3 is 15.6 Å². The van der Waals surface area contributed by atoms with E-state index in [1.807, 2.05) is 31.2 Å². The van der Waals surface area contributed by atoms with Crippen molar-refractivity contribution in [3.05, 3.63) is 30.1 Å². The molecular formula is C14H20Cl2N4O. The number of nitrogens with one attached hydrogen (secondary N) is 3. The third-order valence-electron chi connectivity index (χ3n) is 3.55. The van der Waals surface area contributed by atoms with E-state index < -0.39 is 0 Å². The molecule has 0 saturated carbocycles. The van der Waals surface area contributed by atoms with Crippen LogP contribution in [0.2, 0.25) is 0 Å². The van der Waals surface area contributed by atoms with Gasteiger partial charge in [-0.05, 0) is 38.4 Å². The van der Waals surface area contributed by atoms with Crippen LogP contribution in [-0.4, -0.2) is 28.5 Å². The number of rotatable bonds is 3. The van der Waals surface area contributed by atoms with Gasteiger partial charge in [0, 0.05) is 0 Å². The molecule has 21 heavy (non-hydrogen) atoms. The van der Waals surface area contributed by atoms with Gasteiger partial charge in [-0.3, -0.25) is 4.79 Å². The Balaban J connectivity index is 0.00000110. The van der Waals surface area contributed by atoms with E-state index >= 15 is 0 Å². The number of amides is 1. The van der Waals surface area contributed by atoms with E-state index in [2.05, 4.69) is 20.6 Å². The first-order valence-corrected chi connectivity index (χ1v) is 6.72. The lowest BCUT2D eigenvalue weighted by molar-refractivity contribution is -0.123. The maximum Gasteiger partial charge on any atom is 0.237 e. The summed E-state index contributed by atoms with van der Waals surface area (Å²) in [5.41, 5.74) is 1.93. The quantitative estimate of drug-likeness (QED) is 0.808. The molecule has 7 heteroatoms. The first-order valence-electron chi connectivity index (χ1n) is 6.72. The van der Waals surface area contributed by atoms with Crippen molar-refractivity contribution in [3.8, 4) is 0 Å². The highest BCUT2D eigenvalue weighted by Crippen LogP contribution is 2.16. The Morgan fingerprint density at radius 3 is 2.81 bits per heavy atom. The average Bonchev–Trinajstić information content (AvgIpc) is 3.07. The van der Waals surface area contributed by atoms with Crippen LogP contribution in [0.1, 0.15) is 31.6 Å². The fourth-order valence-corrected chi connectivity index (χ4v) is 2.47. The standard InChI is InChI=1S/C14H18N4O.2ClH/c1-9(16-14(19)12-7-4-8-15-12)13-17-10-5-2-3-6-11(10)18-13;;/h2-3,5-6,9,12,15H,4,7-8H2,1H3,(H,16,19)(H,17,18);2*1H. The molecule has 116 valence electrons. The summed E-state index contributed by atoms with van der Waals surface area (Å²) in [4.78, 5) is 19.8. The van der Waals surface area contributed by atoms with Crippen molar-refractivity contribution in [3.63, 3.8) is 0 Å². The molecule has 3 N–H and O–H groups in total. The minimum Gasteiger partial charge on any atom is -0.345 e. The van der Waals surface area contributed by atoms with E-state index in [1.54, 1.807) is 0 Å². The Hall–Kier alpha value is -1.30. The molecule has 0 radical (unpaired) electrons. The fraction of sp³-hybridized carbons (Fsp3) is 0.429. The van der Waals surface area contributed by atoms with Crippen molar-refractivity contribution < 1.29 is 4.79 Å². The zero-order valence-corrected chi connectivity index (χ0v) is 13.4. The SMILES string of the molecule is CC(NC(=O)C1CCCN1)c1nc2ccccc2[nH]1.Cl.Cl. The number of para-hydroxylation sites is 2. The molecule has 1 aliphatic heterocycles. The Kier molecular flexibility index (Phi) is 6.45. The number of carbonyl (C=O) groups excluding carboxylic acids is 1. The van der Waals surface area contributed by atoms with E-state index in [0.29, 0.717) is 0 Å². The van der Waals surface area contributed by atoms with Crippen LogP contribution in [0.5, 0.6) is 0 Å². The number of H-pyrrole nitrogens is 1. The molecule has 0 bridgehead atoms. The summed E-state index contributed by atoms with van der Waals surface area (Å²) in [5, 5.41) is 6.20. The van der Waals surface area contributed by atoms with E-state index in [4.69, 9.17) is 0 Å². The average molecular weight is 331 g/mol. The lowest BCUT2D eigenvalue weighted by Crippen LogP contribution is -2.41. The second kappa shape index (κ2) is 7.64. The van der Waals surface area contributed by atoms with Crippen molar-refractivity contribution >= 4 is 41.8 Å². The first-order chi connectivity index (χ1) is 9.24. The van der Waals surface area contributed by atoms with Gasteiger partial charge in [0.1, 0.15) is 5.82 Å². The third-order valence-corrected chi connectivity index (χ3v) is 3.55. The molecule has 1 aliphatic rings. The van der Waals surface area contributed by atoms with Crippen LogP contribution < -0.4 is 10.6 Å². The van der Waals surface area contributed by atoms with E-state index in [1.165, 1.54) is 0 Å². The molecule has 2 aromatic rings. The Bertz CT molecular complexity index is 562.